The number of oxazole rings is 1. The molecule has 2 aliphatic heterocycles. The molecule has 8 nitrogen and oxygen atoms in total. The van der Waals surface area contributed by atoms with Gasteiger partial charge in [-0.1, -0.05) is 0 Å². The fraction of sp³-hybridized carbons (Fsp3) is 0.600. The van der Waals surface area contributed by atoms with Gasteiger partial charge in [0.2, 0.25) is 5.91 Å². The van der Waals surface area contributed by atoms with Gasteiger partial charge in [0.1, 0.15) is 5.60 Å². The Morgan fingerprint density at radius 1 is 1.43 bits per heavy atom. The molecule has 152 valence electrons. The molecule has 1 amide bonds. The van der Waals surface area contributed by atoms with Crippen LogP contribution in [0.25, 0.3) is 11.1 Å². The Morgan fingerprint density at radius 2 is 2.29 bits per heavy atom. The van der Waals surface area contributed by atoms with Gasteiger partial charge in [-0.2, -0.15) is 0 Å². The van der Waals surface area contributed by atoms with Crippen molar-refractivity contribution in [1.82, 2.24) is 9.47 Å². The number of aromatic nitrogens is 1. The van der Waals surface area contributed by atoms with Gasteiger partial charge in [0, 0.05) is 45.1 Å². The van der Waals surface area contributed by atoms with E-state index in [1.807, 2.05) is 6.92 Å². The summed E-state index contributed by atoms with van der Waals surface area (Å²) < 4.78 is 18.5. The molecule has 2 aliphatic rings. The number of hydrogen-bond acceptors (Lipinski definition) is 6. The molecule has 1 aromatic heterocycles. The maximum absolute atomic E-state index is 12.6. The summed E-state index contributed by atoms with van der Waals surface area (Å²) in [5, 5.41) is 2.91. The maximum Gasteiger partial charge on any atom is 0.419 e. The zero-order valence-electron chi connectivity index (χ0n) is 16.4. The van der Waals surface area contributed by atoms with Crippen molar-refractivity contribution in [3.05, 3.63) is 28.7 Å². The average molecular weight is 389 g/mol. The number of methoxy groups -OCH3 is 1. The molecule has 8 heteroatoms. The van der Waals surface area contributed by atoms with Crippen molar-refractivity contribution < 1.29 is 18.7 Å². The number of nitrogens with zero attached hydrogens (tertiary/aromatic N) is 2. The highest BCUT2D eigenvalue weighted by atomic mass is 16.6. The van der Waals surface area contributed by atoms with E-state index in [1.165, 1.54) is 0 Å². The third kappa shape index (κ3) is 3.47. The minimum Gasteiger partial charge on any atom is -0.408 e. The van der Waals surface area contributed by atoms with Gasteiger partial charge in [0.15, 0.2) is 5.58 Å². The van der Waals surface area contributed by atoms with Crippen molar-refractivity contribution in [2.75, 3.05) is 38.7 Å². The number of piperidine rings is 1. The van der Waals surface area contributed by atoms with E-state index in [4.69, 9.17) is 13.9 Å². The highest BCUT2D eigenvalue weighted by Gasteiger charge is 2.47. The molecule has 2 saturated heterocycles. The Bertz CT molecular complexity index is 912. The quantitative estimate of drug-likeness (QED) is 0.840. The molecule has 2 aromatic rings. The largest absolute Gasteiger partial charge is 0.419 e. The Kier molecular flexibility index (Phi) is 5.27. The van der Waals surface area contributed by atoms with Gasteiger partial charge in [-0.25, -0.2) is 4.79 Å². The van der Waals surface area contributed by atoms with Gasteiger partial charge in [0.25, 0.3) is 0 Å². The van der Waals surface area contributed by atoms with Crippen LogP contribution in [-0.4, -0.2) is 60.4 Å². The third-order valence-electron chi connectivity index (χ3n) is 5.84. The van der Waals surface area contributed by atoms with E-state index >= 15 is 0 Å². The summed E-state index contributed by atoms with van der Waals surface area (Å²) >= 11 is 0. The zero-order chi connectivity index (χ0) is 19.7. The van der Waals surface area contributed by atoms with Crippen molar-refractivity contribution in [2.45, 2.75) is 44.4 Å². The molecule has 2 fully saturated rings. The first-order chi connectivity index (χ1) is 13.5. The minimum atomic E-state index is -0.385. The number of anilines is 1. The Morgan fingerprint density at radius 3 is 3.00 bits per heavy atom. The molecule has 1 aromatic carbocycles. The van der Waals surface area contributed by atoms with Crippen LogP contribution in [0.3, 0.4) is 0 Å². The van der Waals surface area contributed by atoms with Crippen LogP contribution in [0.2, 0.25) is 0 Å². The Labute approximate surface area is 163 Å². The first-order valence-corrected chi connectivity index (χ1v) is 9.87. The van der Waals surface area contributed by atoms with Crippen LogP contribution in [0.4, 0.5) is 5.69 Å². The van der Waals surface area contributed by atoms with Crippen LogP contribution in [0.5, 0.6) is 0 Å². The van der Waals surface area contributed by atoms with E-state index in [1.54, 1.807) is 29.9 Å². The van der Waals surface area contributed by atoms with Crippen LogP contribution in [-0.2, 0) is 20.8 Å². The average Bonchev–Trinajstić information content (AvgIpc) is 3.25. The second kappa shape index (κ2) is 7.69. The molecule has 1 N–H and O–H groups in total. The van der Waals surface area contributed by atoms with Gasteiger partial charge >= 0.3 is 5.76 Å². The molecule has 2 atom stereocenters. The van der Waals surface area contributed by atoms with Crippen LogP contribution < -0.4 is 11.1 Å². The molecule has 3 heterocycles. The molecular weight excluding hydrogens is 362 g/mol. The lowest BCUT2D eigenvalue weighted by atomic mass is 9.87. The molecular formula is C20H27N3O5. The van der Waals surface area contributed by atoms with Gasteiger partial charge in [-0.05, 0) is 38.3 Å². The number of carbonyl (C=O) groups is 1. The van der Waals surface area contributed by atoms with E-state index in [2.05, 4.69) is 10.2 Å². The fourth-order valence-corrected chi connectivity index (χ4v) is 4.53. The molecule has 0 saturated carbocycles. The summed E-state index contributed by atoms with van der Waals surface area (Å²) in [6.45, 7) is 4.97. The number of ether oxygens (including phenoxy) is 2. The molecule has 4 rings (SSSR count). The lowest BCUT2D eigenvalue weighted by Crippen LogP contribution is -2.58. The minimum absolute atomic E-state index is 0.0854. The fourth-order valence-electron chi connectivity index (χ4n) is 4.53. The SMILES string of the molecule is CCn1c(=O)oc2cc(NC(=O)CN3CCC(OC)C4(CCCO4)C3)ccc21. The van der Waals surface area contributed by atoms with Crippen LogP contribution in [0.15, 0.2) is 27.4 Å². The Balaban J connectivity index is 1.42. The van der Waals surface area contributed by atoms with Crippen LogP contribution in [0, 0.1) is 0 Å². The number of carbonyl (C=O) groups excluding carboxylic acids is 1. The number of benzene rings is 1. The second-order valence-electron chi connectivity index (χ2n) is 7.58. The van der Waals surface area contributed by atoms with Gasteiger partial charge in [-0.15, -0.1) is 0 Å². The first-order valence-electron chi connectivity index (χ1n) is 9.87. The van der Waals surface area contributed by atoms with E-state index in [-0.39, 0.29) is 23.4 Å². The molecule has 0 radical (unpaired) electrons. The summed E-state index contributed by atoms with van der Waals surface area (Å²) in [5.74, 6) is -0.482. The lowest BCUT2D eigenvalue weighted by Gasteiger charge is -2.44. The number of nitrogens with one attached hydrogen (secondary N) is 1. The number of fused-ring (bicyclic) bond motifs is 1. The topological polar surface area (TPSA) is 85.9 Å². The van der Waals surface area contributed by atoms with Crippen molar-refractivity contribution in [3.63, 3.8) is 0 Å². The predicted octanol–water partition coefficient (Wildman–Crippen LogP) is 1.82. The highest BCUT2D eigenvalue weighted by Crippen LogP contribution is 2.36. The van der Waals surface area contributed by atoms with E-state index < -0.39 is 0 Å². The van der Waals surface area contributed by atoms with Crippen molar-refractivity contribution in [3.8, 4) is 0 Å². The molecule has 28 heavy (non-hydrogen) atoms. The monoisotopic (exact) mass is 389 g/mol. The standard InChI is InChI=1S/C20H27N3O5/c1-3-23-15-6-5-14(11-16(15)28-19(23)25)21-18(24)12-22-9-7-17(26-2)20(13-22)8-4-10-27-20/h5-6,11,17H,3-4,7-10,12-13H2,1-2H3,(H,21,24). The van der Waals surface area contributed by atoms with Crippen molar-refractivity contribution in [1.29, 1.82) is 0 Å². The zero-order valence-corrected chi connectivity index (χ0v) is 16.4. The molecule has 1 spiro atoms. The summed E-state index contributed by atoms with van der Waals surface area (Å²) in [6, 6.07) is 5.28. The van der Waals surface area contributed by atoms with E-state index in [0.717, 1.165) is 37.9 Å². The predicted molar refractivity (Wildman–Crippen MR) is 105 cm³/mol. The van der Waals surface area contributed by atoms with Crippen LogP contribution >= 0.6 is 0 Å². The Hall–Kier alpha value is -2.16. The van der Waals surface area contributed by atoms with Gasteiger partial charge < -0.3 is 19.2 Å². The lowest BCUT2D eigenvalue weighted by molar-refractivity contribution is -0.146. The number of aryl methyl sites for hydroxylation is 1. The highest BCUT2D eigenvalue weighted by molar-refractivity contribution is 5.94. The van der Waals surface area contributed by atoms with E-state index in [9.17, 15) is 9.59 Å². The first kappa shape index (κ1) is 19.2. The smallest absolute Gasteiger partial charge is 0.408 e. The van der Waals surface area contributed by atoms with Crippen LogP contribution in [0.1, 0.15) is 26.2 Å². The van der Waals surface area contributed by atoms with Gasteiger partial charge in [0.05, 0.1) is 18.2 Å². The normalized spacial score (nSPS) is 25.6. The summed E-state index contributed by atoms with van der Waals surface area (Å²) in [7, 11) is 1.73. The number of rotatable bonds is 5. The number of amides is 1. The molecule has 0 bridgehead atoms. The second-order valence-corrected chi connectivity index (χ2v) is 7.58. The summed E-state index contributed by atoms with van der Waals surface area (Å²) in [5.41, 5.74) is 1.53. The van der Waals surface area contributed by atoms with Gasteiger partial charge in [-0.3, -0.25) is 14.3 Å². The molecule has 0 aliphatic carbocycles. The number of likely N-dealkylation sites (tertiary alicyclic amines) is 1. The third-order valence-corrected chi connectivity index (χ3v) is 5.84. The number of hydrogen-bond donors (Lipinski definition) is 1. The van der Waals surface area contributed by atoms with E-state index in [0.29, 0.717) is 30.9 Å². The summed E-state index contributed by atoms with van der Waals surface area (Å²) in [4.78, 5) is 26.5. The maximum atomic E-state index is 12.6. The summed E-state index contributed by atoms with van der Waals surface area (Å²) in [6.07, 6.45) is 2.93. The van der Waals surface area contributed by atoms with Crippen molar-refractivity contribution >= 4 is 22.7 Å². The molecule has 2 unspecified atom stereocenters. The van der Waals surface area contributed by atoms with Crippen molar-refractivity contribution in [2.24, 2.45) is 0 Å².